The minimum atomic E-state index is -1.43. The fourth-order valence-corrected chi connectivity index (χ4v) is 4.25. The summed E-state index contributed by atoms with van der Waals surface area (Å²) < 4.78 is 23.0. The van der Waals surface area contributed by atoms with Gasteiger partial charge in [-0.2, -0.15) is 0 Å². The van der Waals surface area contributed by atoms with Crippen molar-refractivity contribution in [2.24, 2.45) is 4.99 Å². The van der Waals surface area contributed by atoms with E-state index >= 15 is 0 Å². The van der Waals surface area contributed by atoms with Crippen LogP contribution in [0.4, 0.5) is 0 Å². The van der Waals surface area contributed by atoms with Gasteiger partial charge in [-0.1, -0.05) is 12.1 Å². The number of hydrogen-bond donors (Lipinski definition) is 2. The van der Waals surface area contributed by atoms with Gasteiger partial charge in [0.15, 0.2) is 11.6 Å². The lowest BCUT2D eigenvalue weighted by molar-refractivity contribution is -0.155. The highest BCUT2D eigenvalue weighted by molar-refractivity contribution is 6.01. The number of aliphatic hydroxyl groups excluding tert-OH is 1. The van der Waals surface area contributed by atoms with Crippen molar-refractivity contribution in [2.45, 2.75) is 77.2 Å². The van der Waals surface area contributed by atoms with Gasteiger partial charge in [-0.25, -0.2) is 4.99 Å². The number of nitrogens with one attached hydrogen (secondary N) is 1. The number of hydrogen-bond acceptors (Lipinski definition) is 8. The van der Waals surface area contributed by atoms with E-state index in [0.29, 0.717) is 35.7 Å². The Labute approximate surface area is 230 Å². The summed E-state index contributed by atoms with van der Waals surface area (Å²) in [6.07, 6.45) is -0.232. The van der Waals surface area contributed by atoms with Gasteiger partial charge in [-0.15, -0.1) is 0 Å². The van der Waals surface area contributed by atoms with E-state index in [0.717, 1.165) is 0 Å². The first kappa shape index (κ1) is 30.0. The molecule has 2 N–H and O–H groups in total. The summed E-state index contributed by atoms with van der Waals surface area (Å²) in [7, 11) is 1.57. The third-order valence-corrected chi connectivity index (χ3v) is 5.98. The van der Waals surface area contributed by atoms with E-state index < -0.39 is 23.2 Å². The summed E-state index contributed by atoms with van der Waals surface area (Å²) in [6, 6.07) is 14.3. The molecule has 0 saturated carbocycles. The molecule has 0 fully saturated rings. The van der Waals surface area contributed by atoms with Crippen LogP contribution < -0.4 is 14.8 Å². The average Bonchev–Trinajstić information content (AvgIpc) is 3.28. The number of rotatable bonds is 12. The van der Waals surface area contributed by atoms with Crippen LogP contribution in [0.1, 0.15) is 71.1 Å². The summed E-state index contributed by atoms with van der Waals surface area (Å²) >= 11 is 0. The van der Waals surface area contributed by atoms with Crippen molar-refractivity contribution in [1.82, 2.24) is 5.32 Å². The molecule has 0 bridgehead atoms. The predicted octanol–water partition coefficient (Wildman–Crippen LogP) is 4.36. The largest absolute Gasteiger partial charge is 0.497 e. The van der Waals surface area contributed by atoms with Crippen molar-refractivity contribution in [1.29, 1.82) is 0 Å². The third-order valence-electron chi connectivity index (χ3n) is 5.98. The van der Waals surface area contributed by atoms with Gasteiger partial charge < -0.3 is 29.4 Å². The Kier molecular flexibility index (Phi) is 9.97. The zero-order valence-corrected chi connectivity index (χ0v) is 23.7. The van der Waals surface area contributed by atoms with Crippen molar-refractivity contribution >= 4 is 17.8 Å². The van der Waals surface area contributed by atoms with Gasteiger partial charge >= 0.3 is 5.97 Å². The predicted molar refractivity (Wildman–Crippen MR) is 148 cm³/mol. The maximum atomic E-state index is 13.9. The van der Waals surface area contributed by atoms with Gasteiger partial charge in [0.05, 0.1) is 13.7 Å². The van der Waals surface area contributed by atoms with Crippen molar-refractivity contribution in [3.8, 4) is 11.5 Å². The van der Waals surface area contributed by atoms with E-state index in [-0.39, 0.29) is 37.3 Å². The van der Waals surface area contributed by atoms with E-state index in [2.05, 4.69) is 5.32 Å². The van der Waals surface area contributed by atoms with Crippen LogP contribution in [0.3, 0.4) is 0 Å². The number of benzene rings is 2. The second-order valence-electron chi connectivity index (χ2n) is 10.8. The topological polar surface area (TPSA) is 116 Å². The molecule has 0 saturated heterocycles. The summed E-state index contributed by atoms with van der Waals surface area (Å²) in [5, 5.41) is 12.0. The molecule has 1 amide bonds. The van der Waals surface area contributed by atoms with E-state index in [4.69, 9.17) is 29.0 Å². The lowest BCUT2D eigenvalue weighted by Gasteiger charge is -2.31. The van der Waals surface area contributed by atoms with Crippen LogP contribution in [0.5, 0.6) is 11.5 Å². The standard InChI is InChI=1S/C30H40N2O7/c1-20(2)31-28(35)30(16-15-25(34)39-29(3,4)5)26(22-9-7-10-24(19-22)36-6)38-27(32-30)21-11-13-23(14-12-21)37-18-8-17-33/h7,9-14,19-20,26,33H,8,15-18H2,1-6H3,(H,31,35)/t26-,30-/m1/s1. The first-order valence-electron chi connectivity index (χ1n) is 13.2. The average molecular weight is 541 g/mol. The highest BCUT2D eigenvalue weighted by Crippen LogP contribution is 2.44. The number of aliphatic imine (C=N–C) groups is 1. The Morgan fingerprint density at radius 3 is 2.46 bits per heavy atom. The Bertz CT molecular complexity index is 1150. The summed E-state index contributed by atoms with van der Waals surface area (Å²) in [5.74, 6) is 0.778. The fraction of sp³-hybridized carbons (Fsp3) is 0.500. The highest BCUT2D eigenvalue weighted by atomic mass is 16.6. The van der Waals surface area contributed by atoms with Crippen molar-refractivity contribution in [2.75, 3.05) is 20.3 Å². The molecule has 0 spiro atoms. The Balaban J connectivity index is 2.04. The SMILES string of the molecule is COc1cccc([C@H]2OC(c3ccc(OCCCO)cc3)=N[C@@]2(CCC(=O)OC(C)(C)C)C(=O)NC(C)C)c1. The van der Waals surface area contributed by atoms with Crippen LogP contribution in [-0.4, -0.2) is 60.4 Å². The van der Waals surface area contributed by atoms with Gasteiger partial charge in [0, 0.05) is 31.1 Å². The fourth-order valence-electron chi connectivity index (χ4n) is 4.25. The Morgan fingerprint density at radius 2 is 1.85 bits per heavy atom. The van der Waals surface area contributed by atoms with Crippen molar-refractivity contribution in [3.05, 3.63) is 59.7 Å². The molecule has 3 rings (SSSR count). The van der Waals surface area contributed by atoms with E-state index in [1.165, 1.54) is 0 Å². The lowest BCUT2D eigenvalue weighted by atomic mass is 9.83. The van der Waals surface area contributed by atoms with E-state index in [9.17, 15) is 9.59 Å². The number of esters is 1. The van der Waals surface area contributed by atoms with Gasteiger partial charge in [-0.3, -0.25) is 9.59 Å². The molecule has 2 aromatic rings. The Morgan fingerprint density at radius 1 is 1.13 bits per heavy atom. The summed E-state index contributed by atoms with van der Waals surface area (Å²) in [4.78, 5) is 31.5. The molecule has 0 aromatic heterocycles. The van der Waals surface area contributed by atoms with Gasteiger partial charge in [0.25, 0.3) is 5.91 Å². The molecular weight excluding hydrogens is 500 g/mol. The zero-order chi connectivity index (χ0) is 28.6. The third kappa shape index (κ3) is 7.95. The molecule has 0 aliphatic carbocycles. The van der Waals surface area contributed by atoms with Crippen LogP contribution >= 0.6 is 0 Å². The number of carbonyl (C=O) groups excluding carboxylic acids is 2. The molecular formula is C30H40N2O7. The van der Waals surface area contributed by atoms with Gasteiger partial charge in [0.1, 0.15) is 17.1 Å². The van der Waals surface area contributed by atoms with Crippen LogP contribution in [0.25, 0.3) is 0 Å². The molecule has 1 aliphatic heterocycles. The molecule has 9 heteroatoms. The molecule has 2 atom stereocenters. The number of ether oxygens (including phenoxy) is 4. The molecule has 39 heavy (non-hydrogen) atoms. The van der Waals surface area contributed by atoms with Gasteiger partial charge in [0.2, 0.25) is 5.90 Å². The van der Waals surface area contributed by atoms with Gasteiger partial charge in [-0.05, 0) is 83.0 Å². The first-order valence-corrected chi connectivity index (χ1v) is 13.2. The Hall–Kier alpha value is -3.59. The number of methoxy groups -OCH3 is 1. The summed E-state index contributed by atoms with van der Waals surface area (Å²) in [6.45, 7) is 9.60. The number of nitrogens with zero attached hydrogens (tertiary/aromatic N) is 1. The maximum Gasteiger partial charge on any atom is 0.306 e. The van der Waals surface area contributed by atoms with Crippen LogP contribution in [0, 0.1) is 0 Å². The summed E-state index contributed by atoms with van der Waals surface area (Å²) in [5.41, 5.74) is -0.730. The number of carbonyl (C=O) groups is 2. The molecule has 0 unspecified atom stereocenters. The highest BCUT2D eigenvalue weighted by Gasteiger charge is 2.53. The molecule has 212 valence electrons. The minimum absolute atomic E-state index is 0.0268. The van der Waals surface area contributed by atoms with E-state index in [1.54, 1.807) is 52.1 Å². The quantitative estimate of drug-likeness (QED) is 0.304. The second-order valence-corrected chi connectivity index (χ2v) is 10.8. The van der Waals surface area contributed by atoms with Crippen molar-refractivity contribution in [3.63, 3.8) is 0 Å². The van der Waals surface area contributed by atoms with Crippen molar-refractivity contribution < 1.29 is 33.6 Å². The molecule has 1 aliphatic rings. The molecule has 1 heterocycles. The smallest absolute Gasteiger partial charge is 0.306 e. The lowest BCUT2D eigenvalue weighted by Crippen LogP contribution is -2.50. The van der Waals surface area contributed by atoms with Crippen LogP contribution in [0.2, 0.25) is 0 Å². The first-order chi connectivity index (χ1) is 18.5. The monoisotopic (exact) mass is 540 g/mol. The maximum absolute atomic E-state index is 13.9. The van der Waals surface area contributed by atoms with Crippen LogP contribution in [0.15, 0.2) is 53.5 Å². The normalized spacial score (nSPS) is 18.8. The number of amides is 1. The van der Waals surface area contributed by atoms with Crippen LogP contribution in [-0.2, 0) is 19.1 Å². The molecule has 9 nitrogen and oxygen atoms in total. The number of aliphatic hydroxyl groups is 1. The second kappa shape index (κ2) is 13.0. The molecule has 2 aromatic carbocycles. The molecule has 0 radical (unpaired) electrons. The van der Waals surface area contributed by atoms with E-state index in [1.807, 2.05) is 38.1 Å². The zero-order valence-electron chi connectivity index (χ0n) is 23.7. The minimum Gasteiger partial charge on any atom is -0.497 e.